The molecular weight excluding hydrogens is 372 g/mol. The van der Waals surface area contributed by atoms with Crippen LogP contribution in [0.2, 0.25) is 0 Å². The monoisotopic (exact) mass is 400 g/mol. The molecule has 0 aromatic heterocycles. The highest BCUT2D eigenvalue weighted by molar-refractivity contribution is 7.98. The quantitative estimate of drug-likeness (QED) is 0.599. The maximum Gasteiger partial charge on any atom is 0.329 e. The fraction of sp³-hybridized carbons (Fsp3) is 0.364. The molecule has 2 rings (SSSR count). The first-order valence-corrected chi connectivity index (χ1v) is 10.5. The van der Waals surface area contributed by atoms with Gasteiger partial charge in [-0.05, 0) is 17.0 Å². The Labute approximate surface area is 171 Å². The van der Waals surface area contributed by atoms with Gasteiger partial charge in [-0.15, -0.1) is 0 Å². The van der Waals surface area contributed by atoms with Crippen LogP contribution in [0.15, 0.2) is 60.7 Å². The van der Waals surface area contributed by atoms with Gasteiger partial charge in [0, 0.05) is 11.5 Å². The minimum atomic E-state index is -0.721. The Morgan fingerprint density at radius 2 is 1.57 bits per heavy atom. The molecule has 0 unspecified atom stereocenters. The van der Waals surface area contributed by atoms with Gasteiger partial charge in [0.2, 0.25) is 5.91 Å². The fourth-order valence-corrected chi connectivity index (χ4v) is 3.48. The lowest BCUT2D eigenvalue weighted by atomic mass is 10.0. The maximum atomic E-state index is 12.4. The van der Waals surface area contributed by atoms with Crippen LogP contribution < -0.4 is 11.1 Å². The second-order valence-electron chi connectivity index (χ2n) is 6.93. The van der Waals surface area contributed by atoms with Gasteiger partial charge in [0.1, 0.15) is 12.6 Å². The van der Waals surface area contributed by atoms with Crippen molar-refractivity contribution in [3.63, 3.8) is 0 Å². The van der Waals surface area contributed by atoms with Gasteiger partial charge >= 0.3 is 5.97 Å². The molecule has 150 valence electrons. The third-order valence-corrected chi connectivity index (χ3v) is 5.32. The van der Waals surface area contributed by atoms with E-state index in [0.29, 0.717) is 5.75 Å². The van der Waals surface area contributed by atoms with E-state index in [1.54, 1.807) is 11.8 Å². The predicted octanol–water partition coefficient (Wildman–Crippen LogP) is 3.13. The topological polar surface area (TPSA) is 81.4 Å². The SMILES string of the molecule is CC(C)[C@H](NC(=O)[C@@H](N)CSCc1ccccc1)C(=O)OCc1ccccc1. The molecule has 0 aliphatic rings. The molecular formula is C22H28N2O3S. The van der Waals surface area contributed by atoms with E-state index >= 15 is 0 Å². The van der Waals surface area contributed by atoms with Crippen LogP contribution in [0.5, 0.6) is 0 Å². The number of carbonyl (C=O) groups excluding carboxylic acids is 2. The molecule has 0 radical (unpaired) electrons. The smallest absolute Gasteiger partial charge is 0.329 e. The number of esters is 1. The molecule has 0 aliphatic carbocycles. The van der Waals surface area contributed by atoms with Gasteiger partial charge in [0.25, 0.3) is 0 Å². The van der Waals surface area contributed by atoms with Crippen LogP contribution in [-0.4, -0.2) is 29.7 Å². The Kier molecular flexibility index (Phi) is 9.04. The number of nitrogens with one attached hydrogen (secondary N) is 1. The molecule has 5 nitrogen and oxygen atoms in total. The molecule has 0 spiro atoms. The predicted molar refractivity (Wildman–Crippen MR) is 114 cm³/mol. The minimum Gasteiger partial charge on any atom is -0.459 e. The number of amides is 1. The highest BCUT2D eigenvalue weighted by atomic mass is 32.2. The first kappa shape index (κ1) is 22.0. The van der Waals surface area contributed by atoms with Gasteiger partial charge in [-0.2, -0.15) is 11.8 Å². The van der Waals surface area contributed by atoms with Gasteiger partial charge in [-0.3, -0.25) is 4.79 Å². The van der Waals surface area contributed by atoms with Crippen molar-refractivity contribution < 1.29 is 14.3 Å². The number of nitrogens with two attached hydrogens (primary N) is 1. The molecule has 0 heterocycles. The van der Waals surface area contributed by atoms with Crippen molar-refractivity contribution in [3.05, 3.63) is 71.8 Å². The first-order chi connectivity index (χ1) is 13.5. The number of thioether (sulfide) groups is 1. The Balaban J connectivity index is 1.80. The van der Waals surface area contributed by atoms with E-state index in [4.69, 9.17) is 10.5 Å². The number of carbonyl (C=O) groups is 2. The lowest BCUT2D eigenvalue weighted by molar-refractivity contribution is -0.150. The molecule has 3 N–H and O–H groups in total. The van der Waals surface area contributed by atoms with Crippen molar-refractivity contribution in [2.24, 2.45) is 11.7 Å². The van der Waals surface area contributed by atoms with Crippen LogP contribution in [0.4, 0.5) is 0 Å². The molecule has 2 aromatic carbocycles. The molecule has 6 heteroatoms. The van der Waals surface area contributed by atoms with Crippen molar-refractivity contribution in [2.75, 3.05) is 5.75 Å². The zero-order valence-corrected chi connectivity index (χ0v) is 17.2. The molecule has 0 saturated heterocycles. The van der Waals surface area contributed by atoms with Crippen molar-refractivity contribution in [2.45, 2.75) is 38.3 Å². The largest absolute Gasteiger partial charge is 0.459 e. The van der Waals surface area contributed by atoms with Crippen molar-refractivity contribution in [3.8, 4) is 0 Å². The summed E-state index contributed by atoms with van der Waals surface area (Å²) in [6, 6.07) is 18.1. The van der Waals surface area contributed by atoms with Crippen LogP contribution >= 0.6 is 11.8 Å². The molecule has 0 fully saturated rings. The van der Waals surface area contributed by atoms with Crippen LogP contribution in [-0.2, 0) is 26.7 Å². The van der Waals surface area contributed by atoms with Crippen LogP contribution in [0, 0.1) is 5.92 Å². The molecule has 0 bridgehead atoms. The highest BCUT2D eigenvalue weighted by Crippen LogP contribution is 2.13. The minimum absolute atomic E-state index is 0.101. The Bertz CT molecular complexity index is 738. The third-order valence-electron chi connectivity index (χ3n) is 4.19. The summed E-state index contributed by atoms with van der Waals surface area (Å²) in [7, 11) is 0. The molecule has 2 atom stereocenters. The van der Waals surface area contributed by atoms with E-state index in [-0.39, 0.29) is 18.4 Å². The summed E-state index contributed by atoms with van der Waals surface area (Å²) >= 11 is 1.59. The average Bonchev–Trinajstić information content (AvgIpc) is 2.71. The van der Waals surface area contributed by atoms with Crippen molar-refractivity contribution >= 4 is 23.6 Å². The van der Waals surface area contributed by atoms with E-state index in [0.717, 1.165) is 11.3 Å². The third kappa shape index (κ3) is 7.37. The fourth-order valence-electron chi connectivity index (χ4n) is 2.53. The van der Waals surface area contributed by atoms with Crippen LogP contribution in [0.1, 0.15) is 25.0 Å². The zero-order valence-electron chi connectivity index (χ0n) is 16.3. The summed E-state index contributed by atoms with van der Waals surface area (Å²) in [5.41, 5.74) is 8.10. The first-order valence-electron chi connectivity index (χ1n) is 9.35. The number of rotatable bonds is 10. The Morgan fingerprint density at radius 3 is 2.14 bits per heavy atom. The van der Waals surface area contributed by atoms with E-state index in [1.165, 1.54) is 5.56 Å². The van der Waals surface area contributed by atoms with Crippen molar-refractivity contribution in [1.82, 2.24) is 5.32 Å². The summed E-state index contributed by atoms with van der Waals surface area (Å²) in [6.45, 7) is 3.91. The summed E-state index contributed by atoms with van der Waals surface area (Å²) < 4.78 is 5.37. The maximum absolute atomic E-state index is 12.4. The lowest BCUT2D eigenvalue weighted by Crippen LogP contribution is -2.51. The second kappa shape index (κ2) is 11.5. The standard InChI is InChI=1S/C22H28N2O3S/c1-16(2)20(22(26)27-13-17-9-5-3-6-10-17)24-21(25)19(23)15-28-14-18-11-7-4-8-12-18/h3-12,16,19-20H,13-15,23H2,1-2H3,(H,24,25)/t19-,20-/m0/s1. The highest BCUT2D eigenvalue weighted by Gasteiger charge is 2.27. The number of benzene rings is 2. The number of ether oxygens (including phenoxy) is 1. The summed E-state index contributed by atoms with van der Waals surface area (Å²) in [6.07, 6.45) is 0. The van der Waals surface area contributed by atoms with Gasteiger partial charge in [0.05, 0.1) is 6.04 Å². The van der Waals surface area contributed by atoms with Gasteiger partial charge in [-0.1, -0.05) is 74.5 Å². The summed E-state index contributed by atoms with van der Waals surface area (Å²) in [5.74, 6) is 0.378. The van der Waals surface area contributed by atoms with E-state index in [9.17, 15) is 9.59 Å². The van der Waals surface area contributed by atoms with Crippen LogP contribution in [0.3, 0.4) is 0 Å². The van der Waals surface area contributed by atoms with E-state index in [2.05, 4.69) is 5.32 Å². The molecule has 0 saturated carbocycles. The number of hydrogen-bond acceptors (Lipinski definition) is 5. The van der Waals surface area contributed by atoms with E-state index < -0.39 is 18.1 Å². The second-order valence-corrected chi connectivity index (χ2v) is 7.96. The van der Waals surface area contributed by atoms with E-state index in [1.807, 2.05) is 74.5 Å². The lowest BCUT2D eigenvalue weighted by Gasteiger charge is -2.22. The van der Waals surface area contributed by atoms with Gasteiger partial charge < -0.3 is 15.8 Å². The molecule has 0 aliphatic heterocycles. The number of hydrogen-bond donors (Lipinski definition) is 2. The normalized spacial score (nSPS) is 13.0. The molecule has 1 amide bonds. The van der Waals surface area contributed by atoms with Crippen LogP contribution in [0.25, 0.3) is 0 Å². The summed E-state index contributed by atoms with van der Waals surface area (Å²) in [4.78, 5) is 24.9. The summed E-state index contributed by atoms with van der Waals surface area (Å²) in [5, 5.41) is 2.75. The Morgan fingerprint density at radius 1 is 1.00 bits per heavy atom. The van der Waals surface area contributed by atoms with Gasteiger partial charge in [-0.25, -0.2) is 4.79 Å². The van der Waals surface area contributed by atoms with Gasteiger partial charge in [0.15, 0.2) is 0 Å². The molecule has 28 heavy (non-hydrogen) atoms. The average molecular weight is 401 g/mol. The zero-order chi connectivity index (χ0) is 20.4. The van der Waals surface area contributed by atoms with Crippen molar-refractivity contribution in [1.29, 1.82) is 0 Å². The molecule has 2 aromatic rings. The Hall–Kier alpha value is -2.31.